The molecule has 1 fully saturated rings. The molecule has 0 amide bonds. The zero-order valence-electron chi connectivity index (χ0n) is 22.6. The number of aromatic amines is 2. The summed E-state index contributed by atoms with van der Waals surface area (Å²) in [5, 5.41) is 14.4. The van der Waals surface area contributed by atoms with Gasteiger partial charge in [-0.25, -0.2) is 4.98 Å². The third-order valence-electron chi connectivity index (χ3n) is 7.35. The predicted octanol–water partition coefficient (Wildman–Crippen LogP) is 4.52. The predicted molar refractivity (Wildman–Crippen MR) is 158 cm³/mol. The zero-order valence-corrected chi connectivity index (χ0v) is 23.4. The summed E-state index contributed by atoms with van der Waals surface area (Å²) in [6.45, 7) is 6.21. The number of methoxy groups -OCH3 is 1. The Kier molecular flexibility index (Phi) is 8.58. The number of imidazole rings is 1. The van der Waals surface area contributed by atoms with Crippen molar-refractivity contribution < 1.29 is 14.2 Å². The lowest BCUT2D eigenvalue weighted by Crippen LogP contribution is -2.46. The Morgan fingerprint density at radius 1 is 1.20 bits per heavy atom. The molecule has 4 N–H and O–H groups in total. The lowest BCUT2D eigenvalue weighted by molar-refractivity contribution is 0.191. The van der Waals surface area contributed by atoms with Gasteiger partial charge < -0.3 is 30.0 Å². The smallest absolute Gasteiger partial charge is 0.261 e. The topological polar surface area (TPSA) is 110 Å². The number of aliphatic hydroxyl groups is 1. The quantitative estimate of drug-likeness (QED) is 0.223. The normalized spacial score (nSPS) is 15.0. The number of alkyl halides is 1. The van der Waals surface area contributed by atoms with Crippen LogP contribution in [0.5, 0.6) is 5.75 Å². The molecule has 5 rings (SSSR count). The van der Waals surface area contributed by atoms with Gasteiger partial charge in [-0.05, 0) is 54.8 Å². The van der Waals surface area contributed by atoms with Gasteiger partial charge in [0.2, 0.25) is 0 Å². The average Bonchev–Trinajstić information content (AvgIpc) is 3.39. The second kappa shape index (κ2) is 12.3. The van der Waals surface area contributed by atoms with Crippen LogP contribution in [-0.2, 0) is 0 Å². The number of benzene rings is 2. The van der Waals surface area contributed by atoms with E-state index in [1.807, 2.05) is 6.92 Å². The Balaban J connectivity index is 1.36. The highest BCUT2D eigenvalue weighted by Crippen LogP contribution is 2.31. The van der Waals surface area contributed by atoms with E-state index in [1.165, 1.54) is 7.11 Å². The monoisotopic (exact) mass is 568 g/mol. The van der Waals surface area contributed by atoms with Crippen LogP contribution in [0.25, 0.3) is 22.4 Å². The van der Waals surface area contributed by atoms with E-state index in [-0.39, 0.29) is 18.8 Å². The second-order valence-electron chi connectivity index (χ2n) is 10.0. The summed E-state index contributed by atoms with van der Waals surface area (Å²) in [5.41, 5.74) is 4.96. The highest BCUT2D eigenvalue weighted by molar-refractivity contribution is 6.32. The van der Waals surface area contributed by atoms with Gasteiger partial charge in [0.15, 0.2) is 0 Å². The van der Waals surface area contributed by atoms with Crippen LogP contribution in [0.4, 0.5) is 15.8 Å². The molecule has 1 aliphatic rings. The average molecular weight is 569 g/mol. The number of H-pyrrole nitrogens is 2. The van der Waals surface area contributed by atoms with E-state index in [1.54, 1.807) is 30.5 Å². The van der Waals surface area contributed by atoms with Gasteiger partial charge in [0.05, 0.1) is 41.6 Å². The number of aryl methyl sites for hydroxylation is 1. The number of nitrogens with zero attached hydrogens (tertiary/aromatic N) is 3. The molecule has 2 aromatic carbocycles. The van der Waals surface area contributed by atoms with Crippen LogP contribution in [0.3, 0.4) is 0 Å². The first-order valence-corrected chi connectivity index (χ1v) is 13.8. The molecule has 212 valence electrons. The number of ether oxygens (including phenoxy) is 1. The minimum Gasteiger partial charge on any atom is -0.495 e. The number of piperazine rings is 1. The molecule has 0 aliphatic carbocycles. The maximum Gasteiger partial charge on any atom is 0.261 e. The van der Waals surface area contributed by atoms with Crippen molar-refractivity contribution in [1.29, 1.82) is 0 Å². The number of rotatable bonds is 10. The van der Waals surface area contributed by atoms with Crippen molar-refractivity contribution >= 4 is 34.0 Å². The Bertz CT molecular complexity index is 1530. The Morgan fingerprint density at radius 2 is 2.00 bits per heavy atom. The molecule has 4 aromatic rings. The van der Waals surface area contributed by atoms with Gasteiger partial charge in [-0.3, -0.25) is 14.1 Å². The molecular weight excluding hydrogens is 535 g/mol. The van der Waals surface area contributed by atoms with Gasteiger partial charge in [-0.15, -0.1) is 0 Å². The molecule has 3 heterocycles. The summed E-state index contributed by atoms with van der Waals surface area (Å²) in [6, 6.07) is 11.1. The first-order chi connectivity index (χ1) is 19.4. The van der Waals surface area contributed by atoms with Crippen LogP contribution in [0.1, 0.15) is 23.7 Å². The molecule has 0 unspecified atom stereocenters. The fourth-order valence-electron chi connectivity index (χ4n) is 5.16. The number of halogens is 2. The van der Waals surface area contributed by atoms with Gasteiger partial charge in [0, 0.05) is 51.2 Å². The van der Waals surface area contributed by atoms with Crippen molar-refractivity contribution in [3.8, 4) is 17.1 Å². The van der Waals surface area contributed by atoms with Gasteiger partial charge in [-0.2, -0.15) is 0 Å². The molecule has 9 nitrogen and oxygen atoms in total. The Labute approximate surface area is 236 Å². The first kappa shape index (κ1) is 27.9. The lowest BCUT2D eigenvalue weighted by Gasteiger charge is -2.36. The van der Waals surface area contributed by atoms with Crippen LogP contribution in [-0.4, -0.2) is 78.0 Å². The van der Waals surface area contributed by atoms with E-state index in [2.05, 4.69) is 37.2 Å². The maximum atomic E-state index is 13.0. The van der Waals surface area contributed by atoms with Gasteiger partial charge in [0.1, 0.15) is 17.1 Å². The largest absolute Gasteiger partial charge is 0.495 e. The first-order valence-electron chi connectivity index (χ1n) is 13.4. The van der Waals surface area contributed by atoms with Crippen LogP contribution in [0.15, 0.2) is 47.4 Å². The maximum absolute atomic E-state index is 13.0. The number of anilines is 2. The molecule has 0 bridgehead atoms. The van der Waals surface area contributed by atoms with Crippen molar-refractivity contribution in [2.45, 2.75) is 19.4 Å². The van der Waals surface area contributed by atoms with E-state index in [9.17, 15) is 14.3 Å². The standard InChI is InChI=1S/C29H34ClFN6O3/c1-18-14-20(37-12-10-36(11-13-37)9-3-7-31)16-23-27(18)35-28(34-23)26-22(6-8-32-29(26)39)33-17-24(38)19-4-5-25(40-2)21(30)15-19/h4-6,8,14-16,24,38H,3,7,9-13,17H2,1-2H3,(H,34,35)(H2,32,33,39)/t24-/m1/s1. The fraction of sp³-hybridized carbons (Fsp3) is 0.379. The third-order valence-corrected chi connectivity index (χ3v) is 7.65. The molecule has 1 saturated heterocycles. The van der Waals surface area contributed by atoms with Gasteiger partial charge in [-0.1, -0.05) is 17.7 Å². The molecular formula is C29H34ClFN6O3. The van der Waals surface area contributed by atoms with Crippen molar-refractivity contribution in [2.24, 2.45) is 0 Å². The van der Waals surface area contributed by atoms with E-state index >= 15 is 0 Å². The van der Waals surface area contributed by atoms with E-state index < -0.39 is 6.10 Å². The van der Waals surface area contributed by atoms with Crippen molar-refractivity contribution in [1.82, 2.24) is 19.9 Å². The van der Waals surface area contributed by atoms with E-state index in [0.717, 1.165) is 55.0 Å². The van der Waals surface area contributed by atoms with Gasteiger partial charge in [0.25, 0.3) is 5.56 Å². The summed E-state index contributed by atoms with van der Waals surface area (Å²) in [7, 11) is 1.53. The van der Waals surface area contributed by atoms with Crippen molar-refractivity contribution in [2.75, 3.05) is 63.3 Å². The fourth-order valence-corrected chi connectivity index (χ4v) is 5.43. The highest BCUT2D eigenvalue weighted by Gasteiger charge is 2.20. The number of pyridine rings is 1. The highest BCUT2D eigenvalue weighted by atomic mass is 35.5. The molecule has 0 saturated carbocycles. The number of nitrogens with one attached hydrogen (secondary N) is 3. The summed E-state index contributed by atoms with van der Waals surface area (Å²) < 4.78 is 17.7. The SMILES string of the molecule is COc1ccc([C@H](O)CNc2cc[nH]c(=O)c2-c2nc3c(C)cc(N4CCN(CCCF)CC4)cc3[nH]2)cc1Cl. The van der Waals surface area contributed by atoms with Crippen LogP contribution in [0, 0.1) is 6.92 Å². The van der Waals surface area contributed by atoms with E-state index in [0.29, 0.717) is 39.8 Å². The number of aromatic nitrogens is 3. The summed E-state index contributed by atoms with van der Waals surface area (Å²) in [4.78, 5) is 28.5. The second-order valence-corrected chi connectivity index (χ2v) is 10.4. The van der Waals surface area contributed by atoms with Crippen LogP contribution in [0.2, 0.25) is 5.02 Å². The zero-order chi connectivity index (χ0) is 28.2. The number of hydrogen-bond acceptors (Lipinski definition) is 7. The lowest BCUT2D eigenvalue weighted by atomic mass is 10.1. The molecule has 2 aromatic heterocycles. The van der Waals surface area contributed by atoms with E-state index in [4.69, 9.17) is 21.3 Å². The molecule has 1 aliphatic heterocycles. The van der Waals surface area contributed by atoms with Crippen LogP contribution >= 0.6 is 11.6 Å². The summed E-state index contributed by atoms with van der Waals surface area (Å²) in [5.74, 6) is 0.972. The molecule has 0 spiro atoms. The minimum atomic E-state index is -0.867. The van der Waals surface area contributed by atoms with Gasteiger partial charge >= 0.3 is 0 Å². The number of fused-ring (bicyclic) bond motifs is 1. The number of hydrogen-bond donors (Lipinski definition) is 4. The molecule has 1 atom stereocenters. The molecule has 40 heavy (non-hydrogen) atoms. The minimum absolute atomic E-state index is 0.153. The van der Waals surface area contributed by atoms with Crippen molar-refractivity contribution in [3.63, 3.8) is 0 Å². The third kappa shape index (κ3) is 5.94. The Morgan fingerprint density at radius 3 is 2.73 bits per heavy atom. The van der Waals surface area contributed by atoms with Crippen molar-refractivity contribution in [3.05, 3.63) is 69.1 Å². The Hall–Kier alpha value is -3.60. The number of aliphatic hydroxyl groups excluding tert-OH is 1. The molecule has 11 heteroatoms. The summed E-state index contributed by atoms with van der Waals surface area (Å²) in [6.07, 6.45) is 1.27. The van der Waals surface area contributed by atoms with Crippen LogP contribution < -0.4 is 20.5 Å². The summed E-state index contributed by atoms with van der Waals surface area (Å²) >= 11 is 6.22. The molecule has 0 radical (unpaired) electrons.